The van der Waals surface area contributed by atoms with Crippen molar-refractivity contribution in [3.63, 3.8) is 0 Å². The van der Waals surface area contributed by atoms with Crippen LogP contribution in [0.5, 0.6) is 0 Å². The van der Waals surface area contributed by atoms with Crippen molar-refractivity contribution in [3.05, 3.63) is 68.0 Å². The number of nitrogens with zero attached hydrogens (tertiary/aromatic N) is 4. The Hall–Kier alpha value is -3.71. The first-order valence-corrected chi connectivity index (χ1v) is 11.5. The van der Waals surface area contributed by atoms with Gasteiger partial charge in [-0.15, -0.1) is 0 Å². The zero-order valence-electron chi connectivity index (χ0n) is 21.0. The highest BCUT2D eigenvalue weighted by Gasteiger charge is 2.20. The maximum atomic E-state index is 13.3. The molecular formula is C25H33N5O5. The molecule has 1 unspecified atom stereocenters. The zero-order chi connectivity index (χ0) is 26.3. The molecule has 1 heterocycles. The van der Waals surface area contributed by atoms with Gasteiger partial charge in [-0.3, -0.25) is 18.7 Å². The third-order valence-corrected chi connectivity index (χ3v) is 5.21. The van der Waals surface area contributed by atoms with E-state index >= 15 is 0 Å². The predicted octanol–water partition coefficient (Wildman–Crippen LogP) is 1.92. The van der Waals surface area contributed by atoms with Crippen LogP contribution in [0.25, 0.3) is 0 Å². The van der Waals surface area contributed by atoms with Crippen molar-refractivity contribution in [1.82, 2.24) is 14.5 Å². The van der Waals surface area contributed by atoms with Crippen LogP contribution in [0.3, 0.4) is 0 Å². The van der Waals surface area contributed by atoms with E-state index in [1.165, 1.54) is 10.8 Å². The summed E-state index contributed by atoms with van der Waals surface area (Å²) < 4.78 is 2.22. The fraction of sp³-hybridized carbons (Fsp3) is 0.480. The molecule has 10 heteroatoms. The zero-order valence-corrected chi connectivity index (χ0v) is 21.0. The highest BCUT2D eigenvalue weighted by Crippen LogP contribution is 2.18. The summed E-state index contributed by atoms with van der Waals surface area (Å²) >= 11 is 0. The van der Waals surface area contributed by atoms with E-state index in [1.807, 2.05) is 6.07 Å². The van der Waals surface area contributed by atoms with Gasteiger partial charge in [-0.1, -0.05) is 37.2 Å². The minimum Gasteiger partial charge on any atom is -0.393 e. The van der Waals surface area contributed by atoms with Gasteiger partial charge in [0.15, 0.2) is 0 Å². The summed E-state index contributed by atoms with van der Waals surface area (Å²) in [5, 5.41) is 27.0. The van der Waals surface area contributed by atoms with Crippen LogP contribution in [0.4, 0.5) is 0 Å². The number of benzene rings is 1. The van der Waals surface area contributed by atoms with Crippen molar-refractivity contribution < 1.29 is 14.7 Å². The summed E-state index contributed by atoms with van der Waals surface area (Å²) in [6.07, 6.45) is -0.0579. The third kappa shape index (κ3) is 7.13. The van der Waals surface area contributed by atoms with Crippen LogP contribution in [-0.4, -0.2) is 38.0 Å². The third-order valence-electron chi connectivity index (χ3n) is 5.21. The van der Waals surface area contributed by atoms with Gasteiger partial charge >= 0.3 is 5.69 Å². The monoisotopic (exact) mass is 483 g/mol. The van der Waals surface area contributed by atoms with Gasteiger partial charge < -0.3 is 15.3 Å². The van der Waals surface area contributed by atoms with E-state index in [2.05, 4.69) is 10.5 Å². The lowest BCUT2D eigenvalue weighted by atomic mass is 10.0. The minimum absolute atomic E-state index is 0.0762. The lowest BCUT2D eigenvalue weighted by Gasteiger charge is -2.20. The lowest BCUT2D eigenvalue weighted by molar-refractivity contribution is -0.124. The van der Waals surface area contributed by atoms with Crippen LogP contribution in [0.2, 0.25) is 0 Å². The number of nitrogens with one attached hydrogen (secondary N) is 1. The van der Waals surface area contributed by atoms with Gasteiger partial charge in [0.25, 0.3) is 5.56 Å². The number of hydrogen-bond acceptors (Lipinski definition) is 7. The Morgan fingerprint density at radius 3 is 2.43 bits per heavy atom. The van der Waals surface area contributed by atoms with Gasteiger partial charge in [0, 0.05) is 23.7 Å². The standard InChI is InChI=1S/C25H33N5O5/c1-15(2)23(32)27-17(5)12-30-24(33)21(18(6)28-35-16(3)4)13-29(25(30)34)14-22(31)20-10-8-7-9-19(20)11-26/h7-10,13,15-17,22,31H,12,14H2,1-6H3,(H,27,32)/b28-18+/t17-,22?/m0/s1. The largest absolute Gasteiger partial charge is 0.393 e. The second-order valence-corrected chi connectivity index (χ2v) is 9.00. The Bertz CT molecular complexity index is 1240. The molecule has 0 saturated carbocycles. The summed E-state index contributed by atoms with van der Waals surface area (Å²) in [7, 11) is 0. The Morgan fingerprint density at radius 2 is 1.83 bits per heavy atom. The molecule has 0 bridgehead atoms. The van der Waals surface area contributed by atoms with E-state index in [-0.39, 0.29) is 47.9 Å². The van der Waals surface area contributed by atoms with E-state index in [0.717, 1.165) is 4.57 Å². The van der Waals surface area contributed by atoms with Gasteiger partial charge in [0.05, 0.1) is 42.1 Å². The molecule has 35 heavy (non-hydrogen) atoms. The maximum absolute atomic E-state index is 13.3. The molecule has 0 radical (unpaired) electrons. The minimum atomic E-state index is -1.18. The van der Waals surface area contributed by atoms with Crippen LogP contribution in [-0.2, 0) is 22.7 Å². The first kappa shape index (κ1) is 27.5. The number of amides is 1. The maximum Gasteiger partial charge on any atom is 0.331 e. The van der Waals surface area contributed by atoms with Gasteiger partial charge in [-0.25, -0.2) is 4.79 Å². The van der Waals surface area contributed by atoms with Crippen molar-refractivity contribution in [2.45, 2.75) is 72.9 Å². The SMILES string of the molecule is C/C(=N\OC(C)C)c1cn(CC(O)c2ccccc2C#N)c(=O)n(C[C@H](C)NC(=O)C(C)C)c1=O. The van der Waals surface area contributed by atoms with E-state index < -0.39 is 23.4 Å². The molecule has 188 valence electrons. The first-order chi connectivity index (χ1) is 16.5. The average molecular weight is 484 g/mol. The number of hydrogen-bond donors (Lipinski definition) is 2. The molecule has 1 amide bonds. The summed E-state index contributed by atoms with van der Waals surface area (Å²) in [6, 6.07) is 8.08. The van der Waals surface area contributed by atoms with Gasteiger partial charge in [-0.05, 0) is 33.8 Å². The van der Waals surface area contributed by atoms with Crippen molar-refractivity contribution in [2.24, 2.45) is 11.1 Å². The van der Waals surface area contributed by atoms with Crippen molar-refractivity contribution >= 4 is 11.6 Å². The fourth-order valence-electron chi connectivity index (χ4n) is 3.33. The van der Waals surface area contributed by atoms with E-state index in [9.17, 15) is 24.8 Å². The highest BCUT2D eigenvalue weighted by atomic mass is 16.6. The molecule has 0 aliphatic carbocycles. The van der Waals surface area contributed by atoms with E-state index in [4.69, 9.17) is 4.84 Å². The van der Waals surface area contributed by atoms with Crippen molar-refractivity contribution in [3.8, 4) is 6.07 Å². The second kappa shape index (κ2) is 12.1. The molecule has 2 aromatic rings. The smallest absolute Gasteiger partial charge is 0.331 e. The second-order valence-electron chi connectivity index (χ2n) is 9.00. The van der Waals surface area contributed by atoms with Crippen molar-refractivity contribution in [2.75, 3.05) is 0 Å². The number of carbonyl (C=O) groups is 1. The molecule has 0 fully saturated rings. The van der Waals surface area contributed by atoms with Crippen LogP contribution in [0.1, 0.15) is 64.3 Å². The molecule has 10 nitrogen and oxygen atoms in total. The number of rotatable bonds is 10. The van der Waals surface area contributed by atoms with E-state index in [0.29, 0.717) is 5.56 Å². The number of oxime groups is 1. The van der Waals surface area contributed by atoms with E-state index in [1.54, 1.807) is 65.8 Å². The Kier molecular flexibility index (Phi) is 9.54. The first-order valence-electron chi connectivity index (χ1n) is 11.5. The molecular weight excluding hydrogens is 450 g/mol. The fourth-order valence-corrected chi connectivity index (χ4v) is 3.33. The topological polar surface area (TPSA) is 139 Å². The summed E-state index contributed by atoms with van der Waals surface area (Å²) in [4.78, 5) is 43.9. The quantitative estimate of drug-likeness (QED) is 0.391. The van der Waals surface area contributed by atoms with Gasteiger partial charge in [0.2, 0.25) is 5.91 Å². The van der Waals surface area contributed by atoms with Gasteiger partial charge in [0.1, 0.15) is 6.10 Å². The van der Waals surface area contributed by atoms with Crippen LogP contribution < -0.4 is 16.6 Å². The number of aliphatic hydroxyl groups excluding tert-OH is 1. The van der Waals surface area contributed by atoms with Crippen molar-refractivity contribution in [1.29, 1.82) is 5.26 Å². The number of aromatic nitrogens is 2. The Balaban J connectivity index is 2.55. The number of carbonyl (C=O) groups excluding carboxylic acids is 1. The number of aliphatic hydroxyl groups is 1. The molecule has 1 aromatic heterocycles. The summed E-state index contributed by atoms with van der Waals surface area (Å²) in [5.41, 5.74) is -0.208. The molecule has 1 aromatic carbocycles. The molecule has 0 saturated heterocycles. The van der Waals surface area contributed by atoms with Crippen LogP contribution in [0.15, 0.2) is 45.2 Å². The van der Waals surface area contributed by atoms with Crippen LogP contribution >= 0.6 is 0 Å². The molecule has 0 aliphatic rings. The molecule has 0 spiro atoms. The van der Waals surface area contributed by atoms with Crippen LogP contribution in [0, 0.1) is 17.2 Å². The number of nitriles is 1. The summed E-state index contributed by atoms with van der Waals surface area (Å²) in [6.45, 7) is 10.1. The Labute approximate surface area is 204 Å². The average Bonchev–Trinajstić information content (AvgIpc) is 2.81. The molecule has 2 rings (SSSR count). The van der Waals surface area contributed by atoms with Gasteiger partial charge in [-0.2, -0.15) is 5.26 Å². The Morgan fingerprint density at radius 1 is 1.17 bits per heavy atom. The lowest BCUT2D eigenvalue weighted by Crippen LogP contribution is -2.48. The molecule has 2 N–H and O–H groups in total. The molecule has 2 atom stereocenters. The molecule has 0 aliphatic heterocycles. The predicted molar refractivity (Wildman–Crippen MR) is 132 cm³/mol. The normalized spacial score (nSPS) is 13.4. The highest BCUT2D eigenvalue weighted by molar-refractivity contribution is 5.97. The summed E-state index contributed by atoms with van der Waals surface area (Å²) in [5.74, 6) is -0.455.